The van der Waals surface area contributed by atoms with Crippen LogP contribution in [0.3, 0.4) is 0 Å². The molecular formula is C18H21N3O4S. The van der Waals surface area contributed by atoms with E-state index in [2.05, 4.69) is 10.3 Å². The lowest BCUT2D eigenvalue weighted by atomic mass is 9.97. The summed E-state index contributed by atoms with van der Waals surface area (Å²) in [6, 6.07) is 8.97. The molecule has 1 aliphatic rings. The van der Waals surface area contributed by atoms with Crippen LogP contribution in [0.5, 0.6) is 0 Å². The van der Waals surface area contributed by atoms with Crippen LogP contribution in [0.15, 0.2) is 35.7 Å². The van der Waals surface area contributed by atoms with Gasteiger partial charge in [0.05, 0.1) is 24.9 Å². The number of nitrogens with zero attached hydrogens (tertiary/aromatic N) is 2. The van der Waals surface area contributed by atoms with Crippen molar-refractivity contribution in [3.63, 3.8) is 0 Å². The van der Waals surface area contributed by atoms with Gasteiger partial charge in [-0.2, -0.15) is 0 Å². The van der Waals surface area contributed by atoms with Crippen LogP contribution < -0.4 is 5.32 Å². The number of ether oxygens (including phenoxy) is 1. The lowest BCUT2D eigenvalue weighted by Crippen LogP contribution is -2.54. The van der Waals surface area contributed by atoms with Crippen LogP contribution in [-0.4, -0.2) is 46.1 Å². The first-order valence-electron chi connectivity index (χ1n) is 8.42. The van der Waals surface area contributed by atoms with Crippen molar-refractivity contribution in [2.75, 3.05) is 13.2 Å². The number of hydrogen-bond acceptors (Lipinski definition) is 6. The maximum Gasteiger partial charge on any atom is 0.252 e. The summed E-state index contributed by atoms with van der Waals surface area (Å²) in [5.74, 6) is -0.413. The zero-order valence-corrected chi connectivity index (χ0v) is 15.2. The quantitative estimate of drug-likeness (QED) is 0.793. The van der Waals surface area contributed by atoms with Crippen LogP contribution >= 0.6 is 11.3 Å². The molecule has 7 nitrogen and oxygen atoms in total. The fraction of sp³-hybridized carbons (Fsp3) is 0.389. The Kier molecular flexibility index (Phi) is 5.97. The fourth-order valence-corrected chi connectivity index (χ4v) is 3.74. The second kappa shape index (κ2) is 8.39. The van der Waals surface area contributed by atoms with E-state index < -0.39 is 12.1 Å². The zero-order valence-electron chi connectivity index (χ0n) is 14.4. The van der Waals surface area contributed by atoms with Gasteiger partial charge >= 0.3 is 0 Å². The molecule has 2 atom stereocenters. The van der Waals surface area contributed by atoms with Crippen LogP contribution in [0, 0.1) is 0 Å². The molecule has 26 heavy (non-hydrogen) atoms. The van der Waals surface area contributed by atoms with Crippen molar-refractivity contribution >= 4 is 23.2 Å². The summed E-state index contributed by atoms with van der Waals surface area (Å²) in [4.78, 5) is 30.9. The van der Waals surface area contributed by atoms with E-state index >= 15 is 0 Å². The molecule has 138 valence electrons. The van der Waals surface area contributed by atoms with Gasteiger partial charge in [0.25, 0.3) is 5.91 Å². The second-order valence-corrected chi connectivity index (χ2v) is 6.82. The number of carbonyl (C=O) groups excluding carboxylic acids is 2. The van der Waals surface area contributed by atoms with Gasteiger partial charge in [-0.3, -0.25) is 9.59 Å². The molecule has 1 aromatic carbocycles. The van der Waals surface area contributed by atoms with Crippen molar-refractivity contribution in [2.45, 2.75) is 32.2 Å². The number of likely N-dealkylation sites (N-methyl/N-ethyl adjacent to an activating group) is 1. The molecule has 1 aliphatic heterocycles. The van der Waals surface area contributed by atoms with Crippen LogP contribution in [0.2, 0.25) is 0 Å². The Morgan fingerprint density at radius 2 is 2.19 bits per heavy atom. The van der Waals surface area contributed by atoms with Crippen molar-refractivity contribution < 1.29 is 19.4 Å². The van der Waals surface area contributed by atoms with E-state index in [4.69, 9.17) is 9.84 Å². The third-order valence-electron chi connectivity index (χ3n) is 4.24. The summed E-state index contributed by atoms with van der Waals surface area (Å²) in [7, 11) is 0. The Hall–Kier alpha value is -2.29. The lowest BCUT2D eigenvalue weighted by molar-refractivity contribution is -0.164. The molecule has 2 N–H and O–H groups in total. The van der Waals surface area contributed by atoms with Gasteiger partial charge in [0, 0.05) is 11.9 Å². The molecular weight excluding hydrogens is 354 g/mol. The van der Waals surface area contributed by atoms with E-state index in [9.17, 15) is 9.59 Å². The van der Waals surface area contributed by atoms with Crippen LogP contribution in [-0.2, 0) is 27.5 Å². The number of aliphatic hydroxyl groups is 1. The predicted molar refractivity (Wildman–Crippen MR) is 96.2 cm³/mol. The van der Waals surface area contributed by atoms with Gasteiger partial charge in [0.2, 0.25) is 5.91 Å². The van der Waals surface area contributed by atoms with Gasteiger partial charge in [-0.15, -0.1) is 11.3 Å². The van der Waals surface area contributed by atoms with Crippen molar-refractivity contribution in [2.24, 2.45) is 0 Å². The number of nitrogens with one attached hydrogen (secondary N) is 1. The van der Waals surface area contributed by atoms with Gasteiger partial charge in [-0.25, -0.2) is 4.98 Å². The monoisotopic (exact) mass is 375 g/mol. The first-order chi connectivity index (χ1) is 12.6. The van der Waals surface area contributed by atoms with E-state index in [0.717, 1.165) is 5.56 Å². The SMILES string of the molecule is CCN1C(=O)CO[C@H](C(=O)NCc2nc(CO)cs2)[C@H]1c1ccccc1. The molecule has 2 amide bonds. The summed E-state index contributed by atoms with van der Waals surface area (Å²) in [5, 5.41) is 14.4. The predicted octanol–water partition coefficient (Wildman–Crippen LogP) is 1.24. The van der Waals surface area contributed by atoms with Crippen molar-refractivity contribution in [3.05, 3.63) is 52.0 Å². The Labute approximate surface area is 155 Å². The average Bonchev–Trinajstić information content (AvgIpc) is 3.14. The van der Waals surface area contributed by atoms with E-state index in [1.54, 1.807) is 10.3 Å². The highest BCUT2D eigenvalue weighted by molar-refractivity contribution is 7.09. The van der Waals surface area contributed by atoms with Gasteiger partial charge in [-0.05, 0) is 12.5 Å². The van der Waals surface area contributed by atoms with E-state index in [1.807, 2.05) is 37.3 Å². The van der Waals surface area contributed by atoms with Crippen LogP contribution in [0.1, 0.15) is 29.2 Å². The minimum absolute atomic E-state index is 0.110. The summed E-state index contributed by atoms with van der Waals surface area (Å²) in [6.45, 7) is 2.41. The number of thiazole rings is 1. The summed E-state index contributed by atoms with van der Waals surface area (Å²) in [6.07, 6.45) is -0.785. The zero-order chi connectivity index (χ0) is 18.5. The summed E-state index contributed by atoms with van der Waals surface area (Å²) in [5.41, 5.74) is 1.44. The first kappa shape index (κ1) is 18.5. The third kappa shape index (κ3) is 3.92. The van der Waals surface area contributed by atoms with Crippen LogP contribution in [0.25, 0.3) is 0 Å². The number of rotatable bonds is 6. The number of benzene rings is 1. The largest absolute Gasteiger partial charge is 0.390 e. The molecule has 0 radical (unpaired) electrons. The molecule has 0 spiro atoms. The highest BCUT2D eigenvalue weighted by Crippen LogP contribution is 2.30. The molecule has 8 heteroatoms. The first-order valence-corrected chi connectivity index (χ1v) is 9.29. The van der Waals surface area contributed by atoms with Gasteiger partial charge in [0.1, 0.15) is 11.6 Å². The van der Waals surface area contributed by atoms with Crippen molar-refractivity contribution in [3.8, 4) is 0 Å². The maximum atomic E-state index is 12.8. The lowest BCUT2D eigenvalue weighted by Gasteiger charge is -2.40. The van der Waals surface area contributed by atoms with E-state index in [0.29, 0.717) is 17.2 Å². The van der Waals surface area contributed by atoms with Gasteiger partial charge in [-0.1, -0.05) is 30.3 Å². The molecule has 0 aliphatic carbocycles. The molecule has 1 saturated heterocycles. The minimum Gasteiger partial charge on any atom is -0.390 e. The van der Waals surface area contributed by atoms with Gasteiger partial charge in [0.15, 0.2) is 6.10 Å². The molecule has 2 heterocycles. The van der Waals surface area contributed by atoms with Crippen LogP contribution in [0.4, 0.5) is 0 Å². The number of morpholine rings is 1. The highest BCUT2D eigenvalue weighted by Gasteiger charge is 2.40. The van der Waals surface area contributed by atoms with E-state index in [-0.39, 0.29) is 31.6 Å². The normalized spacial score (nSPS) is 20.2. The second-order valence-electron chi connectivity index (χ2n) is 5.88. The topological polar surface area (TPSA) is 91.8 Å². The third-order valence-corrected chi connectivity index (χ3v) is 5.14. The number of aliphatic hydroxyl groups excluding tert-OH is 1. The average molecular weight is 375 g/mol. The summed E-state index contributed by atoms with van der Waals surface area (Å²) >= 11 is 1.37. The number of amides is 2. The Bertz CT molecular complexity index is 765. The standard InChI is InChI=1S/C18H21N3O4S/c1-2-21-15(23)10-25-17(16(21)12-6-4-3-5-7-12)18(24)19-8-14-20-13(9-22)11-26-14/h3-7,11,16-17,22H,2,8-10H2,1H3,(H,19,24)/t16-,17+/m1/s1. The van der Waals surface area contributed by atoms with E-state index in [1.165, 1.54) is 11.3 Å². The smallest absolute Gasteiger partial charge is 0.252 e. The summed E-state index contributed by atoms with van der Waals surface area (Å²) < 4.78 is 5.61. The highest BCUT2D eigenvalue weighted by atomic mass is 32.1. The molecule has 2 aromatic rings. The number of carbonyl (C=O) groups is 2. The Balaban J connectivity index is 1.76. The molecule has 0 bridgehead atoms. The number of aromatic nitrogens is 1. The molecule has 0 saturated carbocycles. The van der Waals surface area contributed by atoms with Crippen molar-refractivity contribution in [1.29, 1.82) is 0 Å². The Morgan fingerprint density at radius 1 is 1.42 bits per heavy atom. The molecule has 1 aromatic heterocycles. The van der Waals surface area contributed by atoms with Crippen molar-refractivity contribution in [1.82, 2.24) is 15.2 Å². The fourth-order valence-electron chi connectivity index (χ4n) is 3.02. The maximum absolute atomic E-state index is 12.8. The molecule has 1 fully saturated rings. The minimum atomic E-state index is -0.785. The Morgan fingerprint density at radius 3 is 2.85 bits per heavy atom. The molecule has 0 unspecified atom stereocenters. The van der Waals surface area contributed by atoms with Gasteiger partial charge < -0.3 is 20.1 Å². The molecule has 3 rings (SSSR count). The number of hydrogen-bond donors (Lipinski definition) is 2.